The highest BCUT2D eigenvalue weighted by Gasteiger charge is 1.70. The smallest absolute Gasteiger partial charge is 0.0313 e. The molecule has 0 amide bonds. The van der Waals surface area contributed by atoms with Crippen molar-refractivity contribution < 1.29 is 0 Å². The standard InChI is InChI=1S/C11H15/c1-3-5-7-9-11-10-8-6-4-2/h1,3-4,6,8-11H,5,7H2,2H3. The first-order valence-corrected chi connectivity index (χ1v) is 3.89. The van der Waals surface area contributed by atoms with E-state index in [9.17, 15) is 0 Å². The zero-order chi connectivity index (χ0) is 8.36. The van der Waals surface area contributed by atoms with Crippen LogP contribution in [0.1, 0.15) is 19.8 Å². The lowest BCUT2D eigenvalue weighted by Crippen LogP contribution is -1.60. The molecule has 0 aromatic rings. The van der Waals surface area contributed by atoms with Crippen LogP contribution in [0, 0.1) is 6.58 Å². The van der Waals surface area contributed by atoms with Crippen LogP contribution in [0.4, 0.5) is 0 Å². The van der Waals surface area contributed by atoms with E-state index in [1.807, 2.05) is 37.3 Å². The van der Waals surface area contributed by atoms with Crippen LogP contribution in [0.3, 0.4) is 0 Å². The van der Waals surface area contributed by atoms with E-state index >= 15 is 0 Å². The van der Waals surface area contributed by atoms with E-state index < -0.39 is 0 Å². The fourth-order valence-electron chi connectivity index (χ4n) is 0.607. The van der Waals surface area contributed by atoms with Gasteiger partial charge in [-0.3, -0.25) is 0 Å². The Kier molecular flexibility index (Phi) is 8.11. The third-order valence-corrected chi connectivity index (χ3v) is 1.16. The minimum atomic E-state index is 0.952. The molecule has 0 saturated heterocycles. The van der Waals surface area contributed by atoms with E-state index in [2.05, 4.69) is 6.08 Å². The highest BCUT2D eigenvalue weighted by Crippen LogP contribution is 1.91. The molecule has 11 heavy (non-hydrogen) atoms. The summed E-state index contributed by atoms with van der Waals surface area (Å²) in [5.41, 5.74) is 0. The average molecular weight is 147 g/mol. The van der Waals surface area contributed by atoms with E-state index in [1.165, 1.54) is 0 Å². The van der Waals surface area contributed by atoms with Crippen molar-refractivity contribution in [2.45, 2.75) is 19.8 Å². The van der Waals surface area contributed by atoms with Gasteiger partial charge in [0.2, 0.25) is 0 Å². The molecular weight excluding hydrogens is 132 g/mol. The van der Waals surface area contributed by atoms with Crippen LogP contribution in [0.5, 0.6) is 0 Å². The van der Waals surface area contributed by atoms with Gasteiger partial charge in [0.1, 0.15) is 0 Å². The predicted molar refractivity (Wildman–Crippen MR) is 51.2 cm³/mol. The molecule has 1 radical (unpaired) electrons. The molecule has 0 aliphatic rings. The average Bonchev–Trinajstić information content (AvgIpc) is 2.03. The molecule has 0 spiro atoms. The van der Waals surface area contributed by atoms with E-state index in [-0.39, 0.29) is 0 Å². The van der Waals surface area contributed by atoms with Crippen molar-refractivity contribution in [3.8, 4) is 0 Å². The second-order valence-electron chi connectivity index (χ2n) is 2.15. The quantitative estimate of drug-likeness (QED) is 0.413. The molecule has 0 fully saturated rings. The van der Waals surface area contributed by atoms with Gasteiger partial charge in [-0.05, 0) is 19.8 Å². The minimum Gasteiger partial charge on any atom is -0.0877 e. The fourth-order valence-corrected chi connectivity index (χ4v) is 0.607. The first-order valence-electron chi connectivity index (χ1n) is 3.89. The molecule has 0 aromatic heterocycles. The Morgan fingerprint density at radius 3 is 2.36 bits per heavy atom. The summed E-state index contributed by atoms with van der Waals surface area (Å²) in [7, 11) is 0. The summed E-state index contributed by atoms with van der Waals surface area (Å²) in [5, 5.41) is 0. The monoisotopic (exact) mass is 147 g/mol. The molecule has 0 N–H and O–H groups in total. The number of hydrogen-bond acceptors (Lipinski definition) is 0. The Morgan fingerprint density at radius 1 is 1.00 bits per heavy atom. The van der Waals surface area contributed by atoms with Gasteiger partial charge in [-0.1, -0.05) is 49.1 Å². The number of unbranched alkanes of at least 4 members (excludes halogenated alkanes) is 1. The van der Waals surface area contributed by atoms with Gasteiger partial charge >= 0.3 is 0 Å². The lowest BCUT2D eigenvalue weighted by Gasteiger charge is -1.80. The summed E-state index contributed by atoms with van der Waals surface area (Å²) in [6.07, 6.45) is 15.8. The molecule has 0 heteroatoms. The van der Waals surface area contributed by atoms with E-state index in [0.29, 0.717) is 0 Å². The maximum absolute atomic E-state index is 5.20. The Balaban J connectivity index is 3.35. The summed E-state index contributed by atoms with van der Waals surface area (Å²) in [4.78, 5) is 0. The van der Waals surface area contributed by atoms with Crippen LogP contribution in [-0.4, -0.2) is 0 Å². The first kappa shape index (κ1) is 9.96. The van der Waals surface area contributed by atoms with Crippen molar-refractivity contribution in [2.75, 3.05) is 0 Å². The molecule has 0 unspecified atom stereocenters. The third-order valence-electron chi connectivity index (χ3n) is 1.16. The van der Waals surface area contributed by atoms with E-state index in [1.54, 1.807) is 6.08 Å². The van der Waals surface area contributed by atoms with Gasteiger partial charge in [-0.25, -0.2) is 0 Å². The van der Waals surface area contributed by atoms with Crippen molar-refractivity contribution in [1.82, 2.24) is 0 Å². The molecule has 0 aliphatic heterocycles. The van der Waals surface area contributed by atoms with Crippen molar-refractivity contribution in [3.63, 3.8) is 0 Å². The molecule has 0 aliphatic carbocycles. The zero-order valence-corrected chi connectivity index (χ0v) is 7.03. The number of hydrogen-bond donors (Lipinski definition) is 0. The van der Waals surface area contributed by atoms with Crippen molar-refractivity contribution in [2.24, 2.45) is 0 Å². The summed E-state index contributed by atoms with van der Waals surface area (Å²) >= 11 is 0. The molecule has 0 bridgehead atoms. The second-order valence-corrected chi connectivity index (χ2v) is 2.15. The number of allylic oxidation sites excluding steroid dienone is 7. The van der Waals surface area contributed by atoms with Gasteiger partial charge < -0.3 is 0 Å². The Morgan fingerprint density at radius 2 is 1.73 bits per heavy atom. The van der Waals surface area contributed by atoms with E-state index in [0.717, 1.165) is 12.8 Å². The third kappa shape index (κ3) is 8.96. The Hall–Kier alpha value is -1.04. The van der Waals surface area contributed by atoms with Crippen molar-refractivity contribution in [3.05, 3.63) is 49.1 Å². The topological polar surface area (TPSA) is 0 Å². The maximum Gasteiger partial charge on any atom is -0.0313 e. The molecule has 0 aromatic carbocycles. The SMILES string of the molecule is [CH]=CCCC=CC=CC=CC. The van der Waals surface area contributed by atoms with Gasteiger partial charge in [0.15, 0.2) is 0 Å². The molecule has 59 valence electrons. The normalized spacial score (nSPS) is 12.1. The highest BCUT2D eigenvalue weighted by atomic mass is 13.8. The molecule has 0 heterocycles. The van der Waals surface area contributed by atoms with Crippen LogP contribution in [0.2, 0.25) is 0 Å². The van der Waals surface area contributed by atoms with Crippen LogP contribution in [0.15, 0.2) is 42.5 Å². The Labute approximate surface area is 69.6 Å². The van der Waals surface area contributed by atoms with Crippen LogP contribution < -0.4 is 0 Å². The van der Waals surface area contributed by atoms with Gasteiger partial charge in [0.25, 0.3) is 0 Å². The van der Waals surface area contributed by atoms with Crippen LogP contribution in [-0.2, 0) is 0 Å². The molecular formula is C11H15. The summed E-state index contributed by atoms with van der Waals surface area (Å²) in [6.45, 7) is 7.20. The predicted octanol–water partition coefficient (Wildman–Crippen LogP) is 3.44. The maximum atomic E-state index is 5.20. The second kappa shape index (κ2) is 8.96. The van der Waals surface area contributed by atoms with Crippen molar-refractivity contribution in [1.29, 1.82) is 0 Å². The highest BCUT2D eigenvalue weighted by molar-refractivity contribution is 5.10. The van der Waals surface area contributed by atoms with Crippen LogP contribution >= 0.6 is 0 Å². The minimum absolute atomic E-state index is 0.952. The number of rotatable bonds is 5. The molecule has 0 nitrogen and oxygen atoms in total. The Bertz CT molecular complexity index is 159. The summed E-state index contributed by atoms with van der Waals surface area (Å²) < 4.78 is 0. The molecule has 0 atom stereocenters. The van der Waals surface area contributed by atoms with Crippen LogP contribution in [0.25, 0.3) is 0 Å². The van der Waals surface area contributed by atoms with Gasteiger partial charge in [0, 0.05) is 0 Å². The molecule has 0 rings (SSSR count). The van der Waals surface area contributed by atoms with Gasteiger partial charge in [0.05, 0.1) is 0 Å². The lowest BCUT2D eigenvalue weighted by atomic mass is 10.3. The van der Waals surface area contributed by atoms with Crippen molar-refractivity contribution >= 4 is 0 Å². The first-order chi connectivity index (χ1) is 5.41. The molecule has 0 saturated carbocycles. The zero-order valence-electron chi connectivity index (χ0n) is 7.03. The van der Waals surface area contributed by atoms with Gasteiger partial charge in [-0.2, -0.15) is 0 Å². The van der Waals surface area contributed by atoms with E-state index in [4.69, 9.17) is 6.58 Å². The van der Waals surface area contributed by atoms with Gasteiger partial charge in [-0.15, -0.1) is 0 Å². The summed E-state index contributed by atoms with van der Waals surface area (Å²) in [5.74, 6) is 0. The summed E-state index contributed by atoms with van der Waals surface area (Å²) in [6, 6.07) is 0. The largest absolute Gasteiger partial charge is 0.0877 e. The fraction of sp³-hybridized carbons (Fsp3) is 0.273. The lowest BCUT2D eigenvalue weighted by molar-refractivity contribution is 1.05.